The van der Waals surface area contributed by atoms with Gasteiger partial charge in [-0.15, -0.1) is 11.3 Å². The van der Waals surface area contributed by atoms with Gasteiger partial charge in [-0.1, -0.05) is 38.8 Å². The summed E-state index contributed by atoms with van der Waals surface area (Å²) in [6.45, 7) is 9.80. The molecule has 0 radical (unpaired) electrons. The van der Waals surface area contributed by atoms with Crippen LogP contribution in [0.15, 0.2) is 41.8 Å². The van der Waals surface area contributed by atoms with E-state index in [1.165, 1.54) is 6.42 Å². The first kappa shape index (κ1) is 23.9. The van der Waals surface area contributed by atoms with Crippen molar-refractivity contribution in [3.63, 3.8) is 0 Å². The Bertz CT molecular complexity index is 1230. The first-order chi connectivity index (χ1) is 16.8. The fraction of sp³-hybridized carbons (Fsp3) is 0.500. The molecule has 5 rings (SSSR count). The first-order valence-corrected chi connectivity index (χ1v) is 13.6. The average molecular weight is 494 g/mol. The number of fused-ring (bicyclic) bond motifs is 3. The summed E-state index contributed by atoms with van der Waals surface area (Å²) in [4.78, 5) is 29.7. The fourth-order valence-electron chi connectivity index (χ4n) is 5.67. The number of aromatic nitrogens is 1. The van der Waals surface area contributed by atoms with Gasteiger partial charge in [-0.3, -0.25) is 9.59 Å². The van der Waals surface area contributed by atoms with Gasteiger partial charge in [0.1, 0.15) is 17.0 Å². The van der Waals surface area contributed by atoms with Gasteiger partial charge in [0.2, 0.25) is 5.91 Å². The maximum Gasteiger partial charge on any atom is 0.271 e. The summed E-state index contributed by atoms with van der Waals surface area (Å²) in [5.41, 5.74) is 1.65. The molecule has 186 valence electrons. The third kappa shape index (κ3) is 4.24. The number of thiophene rings is 1. The van der Waals surface area contributed by atoms with E-state index in [1.807, 2.05) is 60.2 Å². The highest BCUT2D eigenvalue weighted by molar-refractivity contribution is 7.17. The van der Waals surface area contributed by atoms with E-state index in [0.717, 1.165) is 34.4 Å². The van der Waals surface area contributed by atoms with Crippen molar-refractivity contribution in [2.45, 2.75) is 71.6 Å². The van der Waals surface area contributed by atoms with Crippen molar-refractivity contribution >= 4 is 33.4 Å². The number of nitrogens with zero attached hydrogens (tertiary/aromatic N) is 2. The van der Waals surface area contributed by atoms with E-state index < -0.39 is 5.54 Å². The number of benzene rings is 1. The highest BCUT2D eigenvalue weighted by Gasteiger charge is 2.48. The van der Waals surface area contributed by atoms with Crippen molar-refractivity contribution in [2.24, 2.45) is 11.8 Å². The van der Waals surface area contributed by atoms with E-state index >= 15 is 0 Å². The number of carbonyl (C=O) groups is 2. The zero-order valence-corrected chi connectivity index (χ0v) is 21.9. The van der Waals surface area contributed by atoms with Crippen molar-refractivity contribution in [3.8, 4) is 5.75 Å². The Labute approximate surface area is 211 Å². The second-order valence-electron chi connectivity index (χ2n) is 10.4. The number of hydrogen-bond donors (Lipinski definition) is 1. The summed E-state index contributed by atoms with van der Waals surface area (Å²) in [7, 11) is 0. The molecule has 1 aromatic carbocycles. The lowest BCUT2D eigenvalue weighted by Crippen LogP contribution is -2.65. The highest BCUT2D eigenvalue weighted by atomic mass is 32.1. The van der Waals surface area contributed by atoms with Gasteiger partial charge >= 0.3 is 0 Å². The second-order valence-corrected chi connectivity index (χ2v) is 11.3. The van der Waals surface area contributed by atoms with E-state index in [4.69, 9.17) is 4.74 Å². The van der Waals surface area contributed by atoms with Crippen molar-refractivity contribution in [3.05, 3.63) is 53.0 Å². The Morgan fingerprint density at radius 3 is 2.71 bits per heavy atom. The number of hydrogen-bond acceptors (Lipinski definition) is 4. The summed E-state index contributed by atoms with van der Waals surface area (Å²) in [5, 5.41) is 5.41. The molecule has 1 aliphatic heterocycles. The molecule has 3 aromatic rings. The molecule has 2 amide bonds. The standard InChI is InChI=1S/C28H35N3O3S/c1-5-34-21-11-9-20(10-12-21)16-31-26(32)24-15-25-23(13-14-35-25)30(24)17-28(31,4)27(33)29-22-8-6-7-18(2)19(22)3/h9-15,18-19,22H,5-8,16-17H2,1-4H3,(H,29,33). The molecule has 2 aliphatic rings. The number of rotatable bonds is 6. The molecular formula is C28H35N3O3S. The third-order valence-corrected chi connectivity index (χ3v) is 8.99. The van der Waals surface area contributed by atoms with Crippen LogP contribution in [0.2, 0.25) is 0 Å². The number of nitrogens with one attached hydrogen (secondary N) is 1. The van der Waals surface area contributed by atoms with E-state index in [9.17, 15) is 9.59 Å². The second kappa shape index (κ2) is 9.34. The van der Waals surface area contributed by atoms with Gasteiger partial charge in [0, 0.05) is 12.6 Å². The third-order valence-electron chi connectivity index (χ3n) is 8.14. The summed E-state index contributed by atoms with van der Waals surface area (Å²) in [6.07, 6.45) is 3.32. The number of ether oxygens (including phenoxy) is 1. The Morgan fingerprint density at radius 1 is 1.20 bits per heavy atom. The van der Waals surface area contributed by atoms with Crippen LogP contribution in [0.1, 0.15) is 63.0 Å². The van der Waals surface area contributed by atoms with Crippen molar-refractivity contribution in [1.29, 1.82) is 0 Å². The van der Waals surface area contributed by atoms with Crippen molar-refractivity contribution in [2.75, 3.05) is 6.61 Å². The molecule has 0 bridgehead atoms. The molecular weight excluding hydrogens is 458 g/mol. The van der Waals surface area contributed by atoms with Gasteiger partial charge in [0.15, 0.2) is 0 Å². The zero-order valence-electron chi connectivity index (χ0n) is 21.0. The minimum absolute atomic E-state index is 0.0644. The van der Waals surface area contributed by atoms with Crippen LogP contribution in [0, 0.1) is 11.8 Å². The number of carbonyl (C=O) groups excluding carboxylic acids is 2. The summed E-state index contributed by atoms with van der Waals surface area (Å²) in [6, 6.07) is 12.0. The van der Waals surface area contributed by atoms with Crippen molar-refractivity contribution < 1.29 is 14.3 Å². The molecule has 6 nitrogen and oxygen atoms in total. The van der Waals surface area contributed by atoms with Crippen LogP contribution >= 0.6 is 11.3 Å². The number of amides is 2. The van der Waals surface area contributed by atoms with Gasteiger partial charge in [0.05, 0.1) is 23.4 Å². The molecule has 3 heterocycles. The molecule has 0 saturated heterocycles. The lowest BCUT2D eigenvalue weighted by molar-refractivity contribution is -0.134. The first-order valence-electron chi connectivity index (χ1n) is 12.7. The SMILES string of the molecule is CCOc1ccc(CN2C(=O)c3cc4sccc4n3CC2(C)C(=O)NC2CCCC(C)C2C)cc1. The maximum absolute atomic E-state index is 14.0. The molecule has 2 aromatic heterocycles. The molecule has 1 saturated carbocycles. The van der Waals surface area contributed by atoms with Gasteiger partial charge in [-0.05, 0) is 67.3 Å². The van der Waals surface area contributed by atoms with Crippen LogP contribution in [-0.4, -0.2) is 39.5 Å². The minimum atomic E-state index is -1.00. The fourth-order valence-corrected chi connectivity index (χ4v) is 6.49. The van der Waals surface area contributed by atoms with Gasteiger partial charge < -0.3 is 19.5 Å². The largest absolute Gasteiger partial charge is 0.494 e. The van der Waals surface area contributed by atoms with Crippen LogP contribution < -0.4 is 10.1 Å². The normalized spacial score (nSPS) is 26.6. The maximum atomic E-state index is 14.0. The molecule has 35 heavy (non-hydrogen) atoms. The molecule has 1 N–H and O–H groups in total. The summed E-state index contributed by atoms with van der Waals surface area (Å²) < 4.78 is 8.69. The highest BCUT2D eigenvalue weighted by Crippen LogP contribution is 2.36. The monoisotopic (exact) mass is 493 g/mol. The van der Waals surface area contributed by atoms with E-state index in [1.54, 1.807) is 16.2 Å². The Balaban J connectivity index is 1.49. The quantitative estimate of drug-likeness (QED) is 0.496. The molecule has 1 aliphatic carbocycles. The molecule has 0 spiro atoms. The van der Waals surface area contributed by atoms with E-state index in [2.05, 4.69) is 19.2 Å². The average Bonchev–Trinajstić information content (AvgIpc) is 3.43. The molecule has 4 atom stereocenters. The predicted octanol–water partition coefficient (Wildman–Crippen LogP) is 5.46. The summed E-state index contributed by atoms with van der Waals surface area (Å²) >= 11 is 1.63. The van der Waals surface area contributed by atoms with Gasteiger partial charge in [-0.25, -0.2) is 0 Å². The Morgan fingerprint density at radius 2 is 1.97 bits per heavy atom. The predicted molar refractivity (Wildman–Crippen MR) is 140 cm³/mol. The van der Waals surface area contributed by atoms with Gasteiger partial charge in [-0.2, -0.15) is 0 Å². The summed E-state index contributed by atoms with van der Waals surface area (Å²) in [5.74, 6) is 1.63. The van der Waals surface area contributed by atoms with Crippen molar-refractivity contribution in [1.82, 2.24) is 14.8 Å². The van der Waals surface area contributed by atoms with Crippen LogP contribution in [0.25, 0.3) is 10.2 Å². The molecule has 7 heteroatoms. The Hall–Kier alpha value is -2.80. The minimum Gasteiger partial charge on any atom is -0.494 e. The lowest BCUT2D eigenvalue weighted by Gasteiger charge is -2.45. The molecule has 4 unspecified atom stereocenters. The van der Waals surface area contributed by atoms with Crippen LogP contribution in [-0.2, 0) is 17.9 Å². The lowest BCUT2D eigenvalue weighted by atomic mass is 9.77. The van der Waals surface area contributed by atoms with E-state index in [-0.39, 0.29) is 17.9 Å². The smallest absolute Gasteiger partial charge is 0.271 e. The van der Waals surface area contributed by atoms with E-state index in [0.29, 0.717) is 37.2 Å². The topological polar surface area (TPSA) is 63.6 Å². The van der Waals surface area contributed by atoms with Crippen LogP contribution in [0.5, 0.6) is 5.75 Å². The zero-order chi connectivity index (χ0) is 24.7. The Kier molecular flexibility index (Phi) is 6.38. The van der Waals surface area contributed by atoms with Crippen LogP contribution in [0.4, 0.5) is 0 Å². The van der Waals surface area contributed by atoms with Crippen LogP contribution in [0.3, 0.4) is 0 Å². The molecule has 1 fully saturated rings. The van der Waals surface area contributed by atoms with Gasteiger partial charge in [0.25, 0.3) is 5.91 Å².